The van der Waals surface area contributed by atoms with Crippen molar-refractivity contribution in [3.63, 3.8) is 0 Å². The Morgan fingerprint density at radius 1 is 1.03 bits per heavy atom. The van der Waals surface area contributed by atoms with E-state index in [1.54, 1.807) is 14.2 Å². The highest BCUT2D eigenvalue weighted by Gasteiger charge is 2.36. The highest BCUT2D eigenvalue weighted by molar-refractivity contribution is 5.86. The summed E-state index contributed by atoms with van der Waals surface area (Å²) in [4.78, 5) is 4.91. The van der Waals surface area contributed by atoms with Gasteiger partial charge in [0.05, 0.1) is 14.2 Å². The molecule has 0 saturated carbocycles. The molecule has 0 radical (unpaired) electrons. The average Bonchev–Trinajstić information content (AvgIpc) is 3.29. The molecular formula is C24H31N3O2. The summed E-state index contributed by atoms with van der Waals surface area (Å²) in [5.74, 6) is 2.32. The van der Waals surface area contributed by atoms with Gasteiger partial charge in [0.2, 0.25) is 0 Å². The Balaban J connectivity index is 1.67. The van der Waals surface area contributed by atoms with Gasteiger partial charge in [-0.05, 0) is 43.9 Å². The Labute approximate surface area is 173 Å². The van der Waals surface area contributed by atoms with E-state index in [1.807, 2.05) is 18.2 Å². The summed E-state index contributed by atoms with van der Waals surface area (Å²) in [7, 11) is 9.99. The number of ether oxygens (including phenoxy) is 2. The van der Waals surface area contributed by atoms with Crippen LogP contribution in [0.15, 0.2) is 48.7 Å². The van der Waals surface area contributed by atoms with Crippen LogP contribution >= 0.6 is 0 Å². The molecule has 1 aliphatic rings. The maximum absolute atomic E-state index is 5.57. The molecule has 3 aromatic rings. The summed E-state index contributed by atoms with van der Waals surface area (Å²) in [6.07, 6.45) is 2.30. The first-order valence-electron chi connectivity index (χ1n) is 10.2. The number of para-hydroxylation sites is 1. The van der Waals surface area contributed by atoms with E-state index in [4.69, 9.17) is 9.47 Å². The number of hydrogen-bond donors (Lipinski definition) is 0. The molecule has 154 valence electrons. The van der Waals surface area contributed by atoms with Crippen molar-refractivity contribution in [3.05, 3.63) is 59.8 Å². The van der Waals surface area contributed by atoms with Crippen molar-refractivity contribution >= 4 is 10.9 Å². The lowest BCUT2D eigenvalue weighted by Crippen LogP contribution is -2.34. The van der Waals surface area contributed by atoms with Crippen molar-refractivity contribution in [2.75, 3.05) is 41.4 Å². The van der Waals surface area contributed by atoms with Gasteiger partial charge in [0.15, 0.2) is 0 Å². The molecule has 2 heterocycles. The molecule has 0 aliphatic carbocycles. The van der Waals surface area contributed by atoms with Crippen LogP contribution in [-0.4, -0.2) is 61.8 Å². The lowest BCUT2D eigenvalue weighted by atomic mass is 9.93. The minimum absolute atomic E-state index is 0.440. The van der Waals surface area contributed by atoms with Crippen LogP contribution in [0.4, 0.5) is 0 Å². The van der Waals surface area contributed by atoms with Crippen molar-refractivity contribution in [2.24, 2.45) is 7.05 Å². The topological polar surface area (TPSA) is 29.9 Å². The lowest BCUT2D eigenvalue weighted by Gasteiger charge is -2.25. The van der Waals surface area contributed by atoms with E-state index < -0.39 is 0 Å². The second kappa shape index (κ2) is 8.09. The third-order valence-corrected chi connectivity index (χ3v) is 6.24. The Morgan fingerprint density at radius 3 is 2.55 bits per heavy atom. The summed E-state index contributed by atoms with van der Waals surface area (Å²) >= 11 is 0. The standard InChI is InChI=1S/C24H31N3O2/c1-25(2)23-16-27(13-17-8-6-7-9-24(17)29-5)15-21(23)20-14-26(3)22-11-10-18(28-4)12-19(20)22/h6-12,14,21,23H,13,15-16H2,1-5H3/t21-,23+/m0/s1. The number of fused-ring (bicyclic) bond motifs is 1. The maximum atomic E-state index is 5.57. The number of likely N-dealkylation sites (N-methyl/N-ethyl adjacent to an activating group) is 1. The highest BCUT2D eigenvalue weighted by Crippen LogP contribution is 2.37. The summed E-state index contributed by atoms with van der Waals surface area (Å²) < 4.78 is 13.3. The van der Waals surface area contributed by atoms with Crippen molar-refractivity contribution < 1.29 is 9.47 Å². The fraction of sp³-hybridized carbons (Fsp3) is 0.417. The molecule has 5 nitrogen and oxygen atoms in total. The van der Waals surface area contributed by atoms with Crippen LogP contribution in [0.25, 0.3) is 10.9 Å². The van der Waals surface area contributed by atoms with Crippen LogP contribution in [0.5, 0.6) is 11.5 Å². The number of rotatable bonds is 6. The van der Waals surface area contributed by atoms with E-state index in [-0.39, 0.29) is 0 Å². The molecule has 1 aliphatic heterocycles. The first kappa shape index (κ1) is 19.8. The normalized spacial score (nSPS) is 19.9. The van der Waals surface area contributed by atoms with Gasteiger partial charge in [-0.1, -0.05) is 18.2 Å². The van der Waals surface area contributed by atoms with Crippen LogP contribution in [0, 0.1) is 0 Å². The molecule has 1 aromatic heterocycles. The van der Waals surface area contributed by atoms with E-state index in [0.717, 1.165) is 31.1 Å². The van der Waals surface area contributed by atoms with Crippen LogP contribution in [0.3, 0.4) is 0 Å². The number of aromatic nitrogens is 1. The van der Waals surface area contributed by atoms with Crippen LogP contribution in [0.2, 0.25) is 0 Å². The zero-order chi connectivity index (χ0) is 20.5. The molecule has 0 amide bonds. The Bertz CT molecular complexity index is 995. The fourth-order valence-electron chi connectivity index (χ4n) is 4.72. The van der Waals surface area contributed by atoms with Gasteiger partial charge in [-0.25, -0.2) is 0 Å². The Kier molecular flexibility index (Phi) is 5.52. The zero-order valence-electron chi connectivity index (χ0n) is 18.1. The molecule has 5 heteroatoms. The van der Waals surface area contributed by atoms with Gasteiger partial charge < -0.3 is 18.9 Å². The van der Waals surface area contributed by atoms with Gasteiger partial charge >= 0.3 is 0 Å². The van der Waals surface area contributed by atoms with Crippen molar-refractivity contribution in [1.82, 2.24) is 14.4 Å². The smallest absolute Gasteiger partial charge is 0.123 e. The van der Waals surface area contributed by atoms with E-state index in [0.29, 0.717) is 12.0 Å². The SMILES string of the molecule is COc1ccc2c(c1)c([C@@H]1CN(Cc3ccccc3OC)C[C@H]1N(C)C)cn2C. The maximum Gasteiger partial charge on any atom is 0.123 e. The molecule has 4 rings (SSSR count). The van der Waals surface area contributed by atoms with Crippen LogP contribution < -0.4 is 9.47 Å². The Morgan fingerprint density at radius 2 is 1.83 bits per heavy atom. The van der Waals surface area contributed by atoms with E-state index in [1.165, 1.54) is 22.0 Å². The first-order chi connectivity index (χ1) is 14.0. The highest BCUT2D eigenvalue weighted by atomic mass is 16.5. The number of hydrogen-bond acceptors (Lipinski definition) is 4. The minimum Gasteiger partial charge on any atom is -0.497 e. The number of benzene rings is 2. The van der Waals surface area contributed by atoms with E-state index in [2.05, 4.69) is 66.0 Å². The average molecular weight is 394 g/mol. The first-order valence-corrected chi connectivity index (χ1v) is 10.2. The monoisotopic (exact) mass is 393 g/mol. The molecule has 0 N–H and O–H groups in total. The second-order valence-electron chi connectivity index (χ2n) is 8.22. The van der Waals surface area contributed by atoms with Crippen LogP contribution in [0.1, 0.15) is 17.0 Å². The molecule has 1 fully saturated rings. The van der Waals surface area contributed by atoms with Gasteiger partial charge in [-0.3, -0.25) is 4.90 Å². The molecule has 2 aromatic carbocycles. The zero-order valence-corrected chi connectivity index (χ0v) is 18.1. The van der Waals surface area contributed by atoms with Crippen molar-refractivity contribution in [1.29, 1.82) is 0 Å². The predicted octanol–water partition coefficient (Wildman–Crippen LogP) is 3.73. The second-order valence-corrected chi connectivity index (χ2v) is 8.22. The molecule has 0 spiro atoms. The summed E-state index contributed by atoms with van der Waals surface area (Å²) in [6.45, 7) is 2.96. The lowest BCUT2D eigenvalue weighted by molar-refractivity contribution is 0.258. The molecular weight excluding hydrogens is 362 g/mol. The summed E-state index contributed by atoms with van der Waals surface area (Å²) in [5, 5.41) is 1.29. The van der Waals surface area contributed by atoms with Gasteiger partial charge in [-0.2, -0.15) is 0 Å². The van der Waals surface area contributed by atoms with E-state index in [9.17, 15) is 0 Å². The molecule has 0 bridgehead atoms. The van der Waals surface area contributed by atoms with Gasteiger partial charge in [0.25, 0.3) is 0 Å². The minimum atomic E-state index is 0.440. The fourth-order valence-corrected chi connectivity index (χ4v) is 4.72. The molecule has 29 heavy (non-hydrogen) atoms. The van der Waals surface area contributed by atoms with Gasteiger partial charge in [0.1, 0.15) is 11.5 Å². The van der Waals surface area contributed by atoms with Crippen LogP contribution in [-0.2, 0) is 13.6 Å². The number of nitrogens with zero attached hydrogens (tertiary/aromatic N) is 3. The molecule has 2 atom stereocenters. The van der Waals surface area contributed by atoms with Gasteiger partial charge in [0, 0.05) is 61.3 Å². The van der Waals surface area contributed by atoms with Crippen molar-refractivity contribution in [2.45, 2.75) is 18.5 Å². The third kappa shape index (κ3) is 3.72. The number of aryl methyl sites for hydroxylation is 1. The van der Waals surface area contributed by atoms with E-state index >= 15 is 0 Å². The van der Waals surface area contributed by atoms with Gasteiger partial charge in [-0.15, -0.1) is 0 Å². The molecule has 0 unspecified atom stereocenters. The molecule has 1 saturated heterocycles. The Hall–Kier alpha value is -2.50. The number of likely N-dealkylation sites (tertiary alicyclic amines) is 1. The quantitative estimate of drug-likeness (QED) is 0.638. The van der Waals surface area contributed by atoms with Crippen molar-refractivity contribution in [3.8, 4) is 11.5 Å². The summed E-state index contributed by atoms with van der Waals surface area (Å²) in [6, 6.07) is 15.2. The third-order valence-electron chi connectivity index (χ3n) is 6.24. The predicted molar refractivity (Wildman–Crippen MR) is 118 cm³/mol. The summed E-state index contributed by atoms with van der Waals surface area (Å²) in [5.41, 5.74) is 3.90. The largest absolute Gasteiger partial charge is 0.497 e. The number of methoxy groups -OCH3 is 2.